The number of aliphatic carboxylic acids is 1. The van der Waals surface area contributed by atoms with Crippen molar-refractivity contribution in [3.05, 3.63) is 42.1 Å². The number of primary amides is 1. The molecular weight excluding hydrogens is 314 g/mol. The minimum absolute atomic E-state index is 0.0713. The Morgan fingerprint density at radius 2 is 1.92 bits per heavy atom. The van der Waals surface area contributed by atoms with E-state index in [0.717, 1.165) is 5.56 Å². The normalized spacial score (nSPS) is 10.0. The number of carbonyl (C=O) groups excluding carboxylic acids is 2. The Morgan fingerprint density at radius 3 is 2.46 bits per heavy atom. The summed E-state index contributed by atoms with van der Waals surface area (Å²) in [5.41, 5.74) is 6.95. The number of rotatable bonds is 6. The van der Waals surface area contributed by atoms with Gasteiger partial charge in [-0.05, 0) is 23.8 Å². The summed E-state index contributed by atoms with van der Waals surface area (Å²) in [5, 5.41) is 11.0. The van der Waals surface area contributed by atoms with E-state index in [1.165, 1.54) is 19.2 Å². The van der Waals surface area contributed by atoms with E-state index < -0.39 is 24.2 Å². The molecule has 0 aliphatic rings. The Labute approximate surface area is 137 Å². The molecule has 0 aliphatic carbocycles. The van der Waals surface area contributed by atoms with E-state index in [1.807, 2.05) is 0 Å². The first-order valence-electron chi connectivity index (χ1n) is 6.86. The minimum Gasteiger partial charge on any atom is -0.481 e. The molecule has 0 spiro atoms. The molecular formula is C16H15N3O5. The van der Waals surface area contributed by atoms with Crippen LogP contribution in [0.1, 0.15) is 16.8 Å². The molecule has 0 bridgehead atoms. The van der Waals surface area contributed by atoms with Crippen LogP contribution >= 0.6 is 0 Å². The number of nitrogens with zero attached hydrogens (tertiary/aromatic N) is 1. The second-order valence-corrected chi connectivity index (χ2v) is 4.83. The van der Waals surface area contributed by atoms with E-state index in [2.05, 4.69) is 10.3 Å². The van der Waals surface area contributed by atoms with E-state index in [9.17, 15) is 14.4 Å². The Balaban J connectivity index is 2.33. The van der Waals surface area contributed by atoms with Crippen LogP contribution in [0.5, 0.6) is 5.88 Å². The number of methoxy groups -OCH3 is 1. The molecule has 0 aliphatic heterocycles. The third-order valence-corrected chi connectivity index (χ3v) is 3.15. The highest BCUT2D eigenvalue weighted by molar-refractivity contribution is 6.07. The third kappa shape index (κ3) is 4.07. The van der Waals surface area contributed by atoms with Gasteiger partial charge in [0.25, 0.3) is 5.91 Å². The molecule has 8 nitrogen and oxygen atoms in total. The Hall–Kier alpha value is -3.42. The molecule has 124 valence electrons. The Bertz CT molecular complexity index is 787. The smallest absolute Gasteiger partial charge is 0.312 e. The molecule has 2 amide bonds. The van der Waals surface area contributed by atoms with Crippen molar-refractivity contribution in [2.75, 3.05) is 12.4 Å². The van der Waals surface area contributed by atoms with Crippen LogP contribution in [0, 0.1) is 0 Å². The second-order valence-electron chi connectivity index (χ2n) is 4.83. The van der Waals surface area contributed by atoms with E-state index in [1.54, 1.807) is 24.4 Å². The van der Waals surface area contributed by atoms with Crippen LogP contribution < -0.4 is 15.8 Å². The van der Waals surface area contributed by atoms with Gasteiger partial charge in [-0.3, -0.25) is 14.4 Å². The van der Waals surface area contributed by atoms with E-state index >= 15 is 0 Å². The van der Waals surface area contributed by atoms with Gasteiger partial charge in [0.05, 0.1) is 18.4 Å². The van der Waals surface area contributed by atoms with Crippen LogP contribution in [0.4, 0.5) is 5.69 Å². The quantitative estimate of drug-likeness (QED) is 0.684. The first-order chi connectivity index (χ1) is 11.4. The molecule has 1 heterocycles. The Morgan fingerprint density at radius 1 is 1.21 bits per heavy atom. The van der Waals surface area contributed by atoms with Gasteiger partial charge in [-0.2, -0.15) is 0 Å². The topological polar surface area (TPSA) is 132 Å². The molecule has 1 aromatic carbocycles. The summed E-state index contributed by atoms with van der Waals surface area (Å²) in [6, 6.07) is 8.07. The summed E-state index contributed by atoms with van der Waals surface area (Å²) in [6.45, 7) is 0. The van der Waals surface area contributed by atoms with Crippen LogP contribution in [-0.4, -0.2) is 35.0 Å². The first kappa shape index (κ1) is 16.9. The monoisotopic (exact) mass is 329 g/mol. The lowest BCUT2D eigenvalue weighted by atomic mass is 10.0. The number of pyridine rings is 1. The average Bonchev–Trinajstić information content (AvgIpc) is 2.54. The number of nitrogens with one attached hydrogen (secondary N) is 1. The SMILES string of the molecule is COc1ccc(-c2ccc(NC(=O)CC(=O)O)c(C(N)=O)c2)cn1. The average molecular weight is 329 g/mol. The molecule has 2 aromatic rings. The fourth-order valence-corrected chi connectivity index (χ4v) is 2.04. The lowest BCUT2D eigenvalue weighted by Crippen LogP contribution is -2.20. The molecule has 0 unspecified atom stereocenters. The van der Waals surface area contributed by atoms with Gasteiger partial charge in [0.2, 0.25) is 11.8 Å². The van der Waals surface area contributed by atoms with Crippen LogP contribution in [0.15, 0.2) is 36.5 Å². The molecule has 0 atom stereocenters. The fourth-order valence-electron chi connectivity index (χ4n) is 2.04. The van der Waals surface area contributed by atoms with Gasteiger partial charge < -0.3 is 20.9 Å². The highest BCUT2D eigenvalue weighted by Gasteiger charge is 2.14. The molecule has 24 heavy (non-hydrogen) atoms. The number of hydrogen-bond donors (Lipinski definition) is 3. The summed E-state index contributed by atoms with van der Waals surface area (Å²) in [5.74, 6) is -2.31. The summed E-state index contributed by atoms with van der Waals surface area (Å²) in [6.07, 6.45) is 0.865. The number of amides is 2. The van der Waals surface area contributed by atoms with Crippen LogP contribution in [0.3, 0.4) is 0 Å². The lowest BCUT2D eigenvalue weighted by Gasteiger charge is -2.11. The fraction of sp³-hybridized carbons (Fsp3) is 0.125. The van der Waals surface area contributed by atoms with Crippen molar-refractivity contribution in [2.24, 2.45) is 5.73 Å². The number of carboxylic acids is 1. The van der Waals surface area contributed by atoms with Gasteiger partial charge >= 0.3 is 5.97 Å². The zero-order valence-electron chi connectivity index (χ0n) is 12.8. The van der Waals surface area contributed by atoms with E-state index in [0.29, 0.717) is 11.4 Å². The standard InChI is InChI=1S/C16H15N3O5/c1-24-14-5-3-10(8-18-14)9-2-4-12(11(6-9)16(17)23)19-13(20)7-15(21)22/h2-6,8H,7H2,1H3,(H2,17,23)(H,19,20)(H,21,22). The summed E-state index contributed by atoms with van der Waals surface area (Å²) in [4.78, 5) is 37.8. The molecule has 0 saturated carbocycles. The van der Waals surface area contributed by atoms with Crippen LogP contribution in [-0.2, 0) is 9.59 Å². The second kappa shape index (κ2) is 7.23. The maximum absolute atomic E-state index is 11.6. The maximum atomic E-state index is 11.6. The highest BCUT2D eigenvalue weighted by Crippen LogP contribution is 2.26. The summed E-state index contributed by atoms with van der Waals surface area (Å²) in [7, 11) is 1.50. The van der Waals surface area contributed by atoms with Gasteiger partial charge in [0.1, 0.15) is 6.42 Å². The number of carbonyl (C=O) groups is 3. The maximum Gasteiger partial charge on any atom is 0.312 e. The molecule has 0 radical (unpaired) electrons. The number of ether oxygens (including phenoxy) is 1. The predicted octanol–water partition coefficient (Wildman–Crippen LogP) is 1.27. The zero-order valence-corrected chi connectivity index (χ0v) is 12.8. The highest BCUT2D eigenvalue weighted by atomic mass is 16.5. The van der Waals surface area contributed by atoms with Gasteiger partial charge in [0.15, 0.2) is 0 Å². The molecule has 0 fully saturated rings. The number of aromatic nitrogens is 1. The number of hydrogen-bond acceptors (Lipinski definition) is 5. The van der Waals surface area contributed by atoms with Crippen molar-refractivity contribution in [3.8, 4) is 17.0 Å². The van der Waals surface area contributed by atoms with Crippen molar-refractivity contribution >= 4 is 23.5 Å². The van der Waals surface area contributed by atoms with Crippen molar-refractivity contribution < 1.29 is 24.2 Å². The van der Waals surface area contributed by atoms with Gasteiger partial charge in [-0.15, -0.1) is 0 Å². The van der Waals surface area contributed by atoms with E-state index in [4.69, 9.17) is 15.6 Å². The lowest BCUT2D eigenvalue weighted by molar-refractivity contribution is -0.139. The van der Waals surface area contributed by atoms with Crippen LogP contribution in [0.2, 0.25) is 0 Å². The number of benzene rings is 1. The number of nitrogens with two attached hydrogens (primary N) is 1. The van der Waals surface area contributed by atoms with Crippen molar-refractivity contribution in [3.63, 3.8) is 0 Å². The van der Waals surface area contributed by atoms with Crippen molar-refractivity contribution in [1.29, 1.82) is 0 Å². The predicted molar refractivity (Wildman–Crippen MR) is 85.6 cm³/mol. The van der Waals surface area contributed by atoms with Gasteiger partial charge in [-0.25, -0.2) is 4.98 Å². The minimum atomic E-state index is -1.27. The Kier molecular flexibility index (Phi) is 5.10. The van der Waals surface area contributed by atoms with Gasteiger partial charge in [-0.1, -0.05) is 6.07 Å². The molecule has 4 N–H and O–H groups in total. The van der Waals surface area contributed by atoms with Crippen molar-refractivity contribution in [2.45, 2.75) is 6.42 Å². The molecule has 2 rings (SSSR count). The van der Waals surface area contributed by atoms with Gasteiger partial charge in [0, 0.05) is 17.8 Å². The molecule has 0 saturated heterocycles. The molecule has 1 aromatic heterocycles. The number of anilines is 1. The number of carboxylic acid groups (broad SMARTS) is 1. The van der Waals surface area contributed by atoms with Crippen LogP contribution in [0.25, 0.3) is 11.1 Å². The first-order valence-corrected chi connectivity index (χ1v) is 6.86. The van der Waals surface area contributed by atoms with E-state index in [-0.39, 0.29) is 11.3 Å². The zero-order chi connectivity index (χ0) is 17.7. The largest absolute Gasteiger partial charge is 0.481 e. The molecule has 8 heteroatoms. The summed E-state index contributed by atoms with van der Waals surface area (Å²) < 4.78 is 4.98. The van der Waals surface area contributed by atoms with Crippen molar-refractivity contribution in [1.82, 2.24) is 4.98 Å². The third-order valence-electron chi connectivity index (χ3n) is 3.15. The summed E-state index contributed by atoms with van der Waals surface area (Å²) >= 11 is 0.